The zero-order chi connectivity index (χ0) is 12.7. The fourth-order valence-corrected chi connectivity index (χ4v) is 3.30. The highest BCUT2D eigenvalue weighted by Crippen LogP contribution is 2.27. The second-order valence-corrected chi connectivity index (χ2v) is 5.70. The van der Waals surface area contributed by atoms with Crippen LogP contribution in [0.4, 0.5) is 0 Å². The molecule has 0 spiro atoms. The maximum Gasteiger partial charge on any atom is 0.286 e. The van der Waals surface area contributed by atoms with Crippen molar-refractivity contribution in [3.05, 3.63) is 22.1 Å². The van der Waals surface area contributed by atoms with Gasteiger partial charge in [-0.2, -0.15) is 5.10 Å². The average Bonchev–Trinajstić information content (AvgIpc) is 2.77. The molecule has 0 aliphatic carbocycles. The van der Waals surface area contributed by atoms with Crippen molar-refractivity contribution in [3.63, 3.8) is 0 Å². The molecule has 6 heteroatoms. The average molecular weight is 265 g/mol. The summed E-state index contributed by atoms with van der Waals surface area (Å²) < 4.78 is 8.00. The van der Waals surface area contributed by atoms with Crippen LogP contribution >= 0.6 is 11.3 Å². The van der Waals surface area contributed by atoms with Crippen LogP contribution in [0.5, 0.6) is 0 Å². The van der Waals surface area contributed by atoms with Gasteiger partial charge in [0.2, 0.25) is 0 Å². The molecule has 1 aliphatic rings. The Bertz CT molecular complexity index is 611. The molecule has 2 atom stereocenters. The van der Waals surface area contributed by atoms with Crippen LogP contribution in [-0.2, 0) is 4.74 Å². The Hall–Kier alpha value is -1.27. The number of hydrogen-bond donors (Lipinski definition) is 0. The van der Waals surface area contributed by atoms with Gasteiger partial charge in [0.15, 0.2) is 0 Å². The number of fused-ring (bicyclic) bond motifs is 1. The second-order valence-electron chi connectivity index (χ2n) is 4.84. The van der Waals surface area contributed by atoms with Crippen LogP contribution in [0.2, 0.25) is 0 Å². The van der Waals surface area contributed by atoms with Crippen molar-refractivity contribution in [1.29, 1.82) is 0 Å². The normalized spacial score (nSPS) is 28.7. The summed E-state index contributed by atoms with van der Waals surface area (Å²) in [5.41, 5.74) is 2.35. The van der Waals surface area contributed by atoms with Gasteiger partial charge in [-0.05, 0) is 26.7 Å². The van der Waals surface area contributed by atoms with E-state index in [1.165, 1.54) is 11.3 Å². The minimum Gasteiger partial charge on any atom is -0.375 e. The van der Waals surface area contributed by atoms with Gasteiger partial charge in [-0.1, -0.05) is 0 Å². The largest absolute Gasteiger partial charge is 0.375 e. The molecule has 2 aromatic rings. The lowest BCUT2D eigenvalue weighted by Crippen LogP contribution is -2.36. The molecule has 1 saturated heterocycles. The van der Waals surface area contributed by atoms with Crippen LogP contribution in [0.3, 0.4) is 0 Å². The molecule has 5 nitrogen and oxygen atoms in total. The predicted octanol–water partition coefficient (Wildman–Crippen LogP) is 1.98. The molecular weight excluding hydrogens is 250 g/mol. The Labute approximate surface area is 108 Å². The summed E-state index contributed by atoms with van der Waals surface area (Å²) in [6, 6.07) is 0.128. The molecule has 0 amide bonds. The summed E-state index contributed by atoms with van der Waals surface area (Å²) in [6.07, 6.45) is 3.69. The number of hydrogen-bond acceptors (Lipinski definition) is 5. The van der Waals surface area contributed by atoms with Crippen LogP contribution in [0.15, 0.2) is 16.5 Å². The Balaban J connectivity index is 2.03. The van der Waals surface area contributed by atoms with E-state index in [1.807, 2.05) is 13.8 Å². The van der Waals surface area contributed by atoms with E-state index in [0.717, 1.165) is 12.8 Å². The third-order valence-electron chi connectivity index (χ3n) is 3.32. The van der Waals surface area contributed by atoms with Crippen molar-refractivity contribution < 1.29 is 4.74 Å². The number of thiazole rings is 1. The van der Waals surface area contributed by atoms with Crippen molar-refractivity contribution in [2.45, 2.75) is 44.9 Å². The number of rotatable bonds is 1. The summed E-state index contributed by atoms with van der Waals surface area (Å²) in [5, 5.41) is 4.26. The van der Waals surface area contributed by atoms with Gasteiger partial charge in [-0.25, -0.2) is 9.67 Å². The maximum atomic E-state index is 12.3. The molecule has 0 N–H and O–H groups in total. The molecule has 3 rings (SSSR count). The highest BCUT2D eigenvalue weighted by molar-refractivity contribution is 7.16. The van der Waals surface area contributed by atoms with Crippen LogP contribution < -0.4 is 5.56 Å². The van der Waals surface area contributed by atoms with E-state index in [4.69, 9.17) is 4.74 Å². The predicted molar refractivity (Wildman–Crippen MR) is 70.0 cm³/mol. The Morgan fingerprint density at radius 2 is 2.11 bits per heavy atom. The summed E-state index contributed by atoms with van der Waals surface area (Å²) in [6.45, 7) is 4.08. The zero-order valence-electron chi connectivity index (χ0n) is 10.4. The monoisotopic (exact) mass is 265 g/mol. The fraction of sp³-hybridized carbons (Fsp3) is 0.583. The topological polar surface area (TPSA) is 57.0 Å². The van der Waals surface area contributed by atoms with Gasteiger partial charge < -0.3 is 4.74 Å². The first-order chi connectivity index (χ1) is 8.65. The molecule has 0 aromatic carbocycles. The molecule has 1 aliphatic heterocycles. The van der Waals surface area contributed by atoms with Crippen molar-refractivity contribution in [2.75, 3.05) is 0 Å². The van der Waals surface area contributed by atoms with E-state index >= 15 is 0 Å². The first kappa shape index (κ1) is 11.8. The van der Waals surface area contributed by atoms with Crippen molar-refractivity contribution in [1.82, 2.24) is 14.8 Å². The maximum absolute atomic E-state index is 12.3. The Morgan fingerprint density at radius 3 is 2.83 bits per heavy atom. The molecule has 96 valence electrons. The van der Waals surface area contributed by atoms with Crippen molar-refractivity contribution in [3.8, 4) is 0 Å². The standard InChI is InChI=1S/C12H15N3O2S/c1-7-3-9(4-8(2)17-7)15-12(16)11-10(5-14-15)13-6-18-11/h5-9H,3-4H2,1-2H3. The minimum atomic E-state index is -0.0266. The minimum absolute atomic E-state index is 0.0266. The fourth-order valence-electron chi connectivity index (χ4n) is 2.61. The molecule has 1 fully saturated rings. The zero-order valence-corrected chi connectivity index (χ0v) is 11.2. The third kappa shape index (κ3) is 1.95. The lowest BCUT2D eigenvalue weighted by molar-refractivity contribution is -0.0513. The van der Waals surface area contributed by atoms with Gasteiger partial charge >= 0.3 is 0 Å². The van der Waals surface area contributed by atoms with Gasteiger partial charge in [0.25, 0.3) is 5.56 Å². The van der Waals surface area contributed by atoms with Gasteiger partial charge in [0.05, 0.1) is 30.0 Å². The third-order valence-corrected chi connectivity index (χ3v) is 4.15. The van der Waals surface area contributed by atoms with Crippen LogP contribution in [0.1, 0.15) is 32.7 Å². The SMILES string of the molecule is CC1CC(n2ncc3ncsc3c2=O)CC(C)O1. The van der Waals surface area contributed by atoms with E-state index in [9.17, 15) is 4.79 Å². The lowest BCUT2D eigenvalue weighted by atomic mass is 10.00. The van der Waals surface area contributed by atoms with Crippen LogP contribution in [0.25, 0.3) is 10.2 Å². The molecule has 2 unspecified atom stereocenters. The van der Waals surface area contributed by atoms with E-state index < -0.39 is 0 Å². The Kier molecular flexibility index (Phi) is 2.91. The Morgan fingerprint density at radius 1 is 1.39 bits per heavy atom. The summed E-state index contributed by atoms with van der Waals surface area (Å²) in [7, 11) is 0. The van der Waals surface area contributed by atoms with Gasteiger partial charge in [0, 0.05) is 0 Å². The first-order valence-electron chi connectivity index (χ1n) is 6.11. The van der Waals surface area contributed by atoms with Crippen LogP contribution in [0, 0.1) is 0 Å². The molecule has 0 bridgehead atoms. The number of aromatic nitrogens is 3. The van der Waals surface area contributed by atoms with E-state index in [1.54, 1.807) is 16.4 Å². The molecule has 0 radical (unpaired) electrons. The summed E-state index contributed by atoms with van der Waals surface area (Å²) in [4.78, 5) is 16.4. The summed E-state index contributed by atoms with van der Waals surface area (Å²) >= 11 is 1.38. The molecule has 2 aromatic heterocycles. The summed E-state index contributed by atoms with van der Waals surface area (Å²) in [5.74, 6) is 0. The van der Waals surface area contributed by atoms with Gasteiger partial charge in [-0.15, -0.1) is 11.3 Å². The van der Waals surface area contributed by atoms with Crippen molar-refractivity contribution in [2.24, 2.45) is 0 Å². The van der Waals surface area contributed by atoms with Crippen molar-refractivity contribution >= 4 is 21.6 Å². The van der Waals surface area contributed by atoms with Gasteiger partial charge in [-0.3, -0.25) is 4.79 Å². The van der Waals surface area contributed by atoms with E-state index in [-0.39, 0.29) is 23.8 Å². The first-order valence-corrected chi connectivity index (χ1v) is 6.99. The molecule has 3 heterocycles. The van der Waals surface area contributed by atoms with Crippen LogP contribution in [-0.4, -0.2) is 27.0 Å². The highest BCUT2D eigenvalue weighted by atomic mass is 32.1. The van der Waals surface area contributed by atoms with E-state index in [0.29, 0.717) is 10.2 Å². The number of ether oxygens (including phenoxy) is 1. The second kappa shape index (κ2) is 4.44. The highest BCUT2D eigenvalue weighted by Gasteiger charge is 2.27. The molecular formula is C12H15N3O2S. The molecule has 0 saturated carbocycles. The van der Waals surface area contributed by atoms with E-state index in [2.05, 4.69) is 10.1 Å². The lowest BCUT2D eigenvalue weighted by Gasteiger charge is -2.32. The smallest absolute Gasteiger partial charge is 0.286 e. The van der Waals surface area contributed by atoms with Gasteiger partial charge in [0.1, 0.15) is 10.2 Å². The molecule has 18 heavy (non-hydrogen) atoms. The quantitative estimate of drug-likeness (QED) is 0.791. The number of nitrogens with zero attached hydrogens (tertiary/aromatic N) is 3.